The van der Waals surface area contributed by atoms with E-state index < -0.39 is 12.1 Å². The van der Waals surface area contributed by atoms with Crippen molar-refractivity contribution in [3.63, 3.8) is 0 Å². The van der Waals surface area contributed by atoms with Crippen LogP contribution in [0.15, 0.2) is 35.5 Å². The van der Waals surface area contributed by atoms with Crippen LogP contribution in [-0.4, -0.2) is 48.2 Å². The Morgan fingerprint density at radius 2 is 1.86 bits per heavy atom. The van der Waals surface area contributed by atoms with E-state index in [-0.39, 0.29) is 5.91 Å². The average molecular weight is 404 g/mol. The second-order valence-corrected chi connectivity index (χ2v) is 7.15. The van der Waals surface area contributed by atoms with Crippen LogP contribution in [0.2, 0.25) is 0 Å². The molecule has 0 fully saturated rings. The molecule has 1 heterocycles. The highest BCUT2D eigenvalue weighted by Crippen LogP contribution is 2.23. The topological polar surface area (TPSA) is 90.4 Å². The highest BCUT2D eigenvalue weighted by molar-refractivity contribution is 7.98. The lowest BCUT2D eigenvalue weighted by atomic mass is 10.1. The van der Waals surface area contributed by atoms with Gasteiger partial charge in [0.25, 0.3) is 5.91 Å². The van der Waals surface area contributed by atoms with Gasteiger partial charge >= 0.3 is 5.97 Å². The summed E-state index contributed by atoms with van der Waals surface area (Å²) < 4.78 is 10.2. The predicted octanol–water partition coefficient (Wildman–Crippen LogP) is 2.69. The number of hydrogen-bond donors (Lipinski definition) is 1. The molecule has 1 N–H and O–H groups in total. The van der Waals surface area contributed by atoms with Crippen LogP contribution in [-0.2, 0) is 20.0 Å². The van der Waals surface area contributed by atoms with E-state index in [2.05, 4.69) is 15.3 Å². The summed E-state index contributed by atoms with van der Waals surface area (Å²) in [5, 5.41) is 3.31. The van der Waals surface area contributed by atoms with Crippen molar-refractivity contribution in [1.29, 1.82) is 0 Å². The average Bonchev–Trinajstić information content (AvgIpc) is 2.66. The Labute approximate surface area is 169 Å². The van der Waals surface area contributed by atoms with Gasteiger partial charge in [0.2, 0.25) is 0 Å². The Hall–Kier alpha value is -2.45. The summed E-state index contributed by atoms with van der Waals surface area (Å²) in [5.41, 5.74) is 3.02. The maximum atomic E-state index is 12.6. The number of amides is 1. The number of nitrogens with one attached hydrogen (secondary N) is 1. The highest BCUT2D eigenvalue weighted by Gasteiger charge is 2.20. The van der Waals surface area contributed by atoms with Crippen LogP contribution >= 0.6 is 11.8 Å². The van der Waals surface area contributed by atoms with E-state index in [1.165, 1.54) is 11.8 Å². The lowest BCUT2D eigenvalue weighted by Crippen LogP contribution is -2.37. The Bertz CT molecular complexity index is 809. The second kappa shape index (κ2) is 10.8. The molecule has 2 aromatic rings. The maximum absolute atomic E-state index is 12.6. The van der Waals surface area contributed by atoms with Crippen molar-refractivity contribution in [2.24, 2.45) is 0 Å². The fourth-order valence-corrected chi connectivity index (χ4v) is 3.40. The van der Waals surface area contributed by atoms with Crippen molar-refractivity contribution < 1.29 is 19.1 Å². The van der Waals surface area contributed by atoms with Crippen LogP contribution < -0.4 is 5.32 Å². The van der Waals surface area contributed by atoms with Crippen molar-refractivity contribution in [1.82, 2.24) is 15.3 Å². The molecule has 0 aliphatic heterocycles. The number of aromatic nitrogens is 2. The van der Waals surface area contributed by atoms with E-state index in [9.17, 15) is 9.59 Å². The zero-order valence-electron chi connectivity index (χ0n) is 16.5. The molecule has 1 aromatic heterocycles. The van der Waals surface area contributed by atoms with Crippen LogP contribution in [0.25, 0.3) is 0 Å². The predicted molar refractivity (Wildman–Crippen MR) is 107 cm³/mol. The third-order valence-corrected chi connectivity index (χ3v) is 4.71. The number of thioether (sulfide) groups is 1. The molecule has 0 aliphatic carbocycles. The summed E-state index contributed by atoms with van der Waals surface area (Å²) in [7, 11) is 1.55. The molecule has 0 radical (unpaired) electrons. The standard InChI is InChI=1S/C20H25N3O4S/c1-13-11-14(2)23-20(22-13)28-12-16-7-5-6-8-17(16)19(25)27-15(3)18(24)21-9-10-26-4/h5-8,11,15H,9-10,12H2,1-4H3,(H,21,24)/t15-/m1/s1. The quantitative estimate of drug-likeness (QED) is 0.298. The zero-order chi connectivity index (χ0) is 20.5. The molecule has 2 rings (SSSR count). The third-order valence-electron chi connectivity index (χ3n) is 3.81. The Balaban J connectivity index is 2.02. The third kappa shape index (κ3) is 6.61. The Kier molecular flexibility index (Phi) is 8.41. The van der Waals surface area contributed by atoms with Gasteiger partial charge in [-0.15, -0.1) is 0 Å². The number of benzene rings is 1. The minimum Gasteiger partial charge on any atom is -0.449 e. The minimum atomic E-state index is -0.896. The number of esters is 1. The van der Waals surface area contributed by atoms with Crippen LogP contribution in [0.4, 0.5) is 0 Å². The first kappa shape index (κ1) is 21.8. The summed E-state index contributed by atoms with van der Waals surface area (Å²) in [5.74, 6) is -0.379. The van der Waals surface area contributed by atoms with E-state index in [0.717, 1.165) is 17.0 Å². The van der Waals surface area contributed by atoms with Crippen LogP contribution in [0, 0.1) is 13.8 Å². The van der Waals surface area contributed by atoms with Gasteiger partial charge in [-0.1, -0.05) is 30.0 Å². The number of carbonyl (C=O) groups is 2. The summed E-state index contributed by atoms with van der Waals surface area (Å²) in [6.45, 7) is 6.14. The van der Waals surface area contributed by atoms with Gasteiger partial charge in [-0.2, -0.15) is 0 Å². The maximum Gasteiger partial charge on any atom is 0.339 e. The molecule has 8 heteroatoms. The van der Waals surface area contributed by atoms with Crippen molar-refractivity contribution >= 4 is 23.6 Å². The van der Waals surface area contributed by atoms with Crippen LogP contribution in [0.5, 0.6) is 0 Å². The molecule has 0 unspecified atom stereocenters. The number of ether oxygens (including phenoxy) is 2. The summed E-state index contributed by atoms with van der Waals surface area (Å²) in [6, 6.07) is 9.08. The van der Waals surface area contributed by atoms with E-state index in [1.807, 2.05) is 32.0 Å². The monoisotopic (exact) mass is 403 g/mol. The summed E-state index contributed by atoms with van der Waals surface area (Å²) in [4.78, 5) is 33.3. The first-order valence-corrected chi connectivity index (χ1v) is 9.90. The van der Waals surface area contributed by atoms with Crippen molar-refractivity contribution in [2.75, 3.05) is 20.3 Å². The van der Waals surface area contributed by atoms with Gasteiger partial charge in [-0.05, 0) is 38.5 Å². The Morgan fingerprint density at radius 1 is 1.18 bits per heavy atom. The van der Waals surface area contributed by atoms with Gasteiger partial charge in [0.1, 0.15) is 0 Å². The molecule has 7 nitrogen and oxygen atoms in total. The zero-order valence-corrected chi connectivity index (χ0v) is 17.3. The molecule has 1 aromatic carbocycles. The molecular formula is C20H25N3O4S. The van der Waals surface area contributed by atoms with Gasteiger partial charge in [0, 0.05) is 30.8 Å². The number of methoxy groups -OCH3 is 1. The lowest BCUT2D eigenvalue weighted by Gasteiger charge is -2.15. The van der Waals surface area contributed by atoms with Crippen molar-refractivity contribution in [3.8, 4) is 0 Å². The normalized spacial score (nSPS) is 11.7. The van der Waals surface area contributed by atoms with Gasteiger partial charge < -0.3 is 14.8 Å². The molecule has 0 spiro atoms. The largest absolute Gasteiger partial charge is 0.449 e. The molecule has 1 atom stereocenters. The molecule has 0 saturated carbocycles. The molecule has 0 saturated heterocycles. The van der Waals surface area contributed by atoms with Crippen LogP contribution in [0.1, 0.15) is 34.2 Å². The Morgan fingerprint density at radius 3 is 2.54 bits per heavy atom. The van der Waals surface area contributed by atoms with E-state index in [0.29, 0.717) is 29.6 Å². The summed E-state index contributed by atoms with van der Waals surface area (Å²) >= 11 is 1.45. The van der Waals surface area contributed by atoms with Crippen molar-refractivity contribution in [3.05, 3.63) is 52.8 Å². The first-order valence-electron chi connectivity index (χ1n) is 8.91. The van der Waals surface area contributed by atoms with E-state index in [1.54, 1.807) is 26.2 Å². The number of hydrogen-bond acceptors (Lipinski definition) is 7. The molecular weight excluding hydrogens is 378 g/mol. The van der Waals surface area contributed by atoms with E-state index in [4.69, 9.17) is 9.47 Å². The fraction of sp³-hybridized carbons (Fsp3) is 0.400. The van der Waals surface area contributed by atoms with Gasteiger partial charge in [-0.25, -0.2) is 14.8 Å². The lowest BCUT2D eigenvalue weighted by molar-refractivity contribution is -0.129. The number of carbonyl (C=O) groups excluding carboxylic acids is 2. The smallest absolute Gasteiger partial charge is 0.339 e. The van der Waals surface area contributed by atoms with E-state index >= 15 is 0 Å². The fourth-order valence-electron chi connectivity index (χ4n) is 2.44. The van der Waals surface area contributed by atoms with Crippen LogP contribution in [0.3, 0.4) is 0 Å². The molecule has 0 bridgehead atoms. The molecule has 28 heavy (non-hydrogen) atoms. The second-order valence-electron chi connectivity index (χ2n) is 6.21. The highest BCUT2D eigenvalue weighted by atomic mass is 32.2. The number of aryl methyl sites for hydroxylation is 2. The first-order chi connectivity index (χ1) is 13.4. The molecule has 1 amide bonds. The van der Waals surface area contributed by atoms with Gasteiger partial charge in [-0.3, -0.25) is 4.79 Å². The molecule has 0 aliphatic rings. The van der Waals surface area contributed by atoms with Gasteiger partial charge in [0.05, 0.1) is 12.2 Å². The van der Waals surface area contributed by atoms with Gasteiger partial charge in [0.15, 0.2) is 11.3 Å². The molecule has 150 valence electrons. The summed E-state index contributed by atoms with van der Waals surface area (Å²) in [6.07, 6.45) is -0.896. The number of rotatable bonds is 9. The van der Waals surface area contributed by atoms with Crippen molar-refractivity contribution in [2.45, 2.75) is 37.8 Å². The SMILES string of the molecule is COCCNC(=O)[C@@H](C)OC(=O)c1ccccc1CSc1nc(C)cc(C)n1. The minimum absolute atomic E-state index is 0.360. The number of nitrogens with zero attached hydrogens (tertiary/aromatic N) is 2.